The maximum Gasteiger partial charge on any atom is 0.293 e. The van der Waals surface area contributed by atoms with E-state index >= 15 is 8.78 Å². The van der Waals surface area contributed by atoms with Crippen LogP contribution in [0.2, 0.25) is 0 Å². The van der Waals surface area contributed by atoms with Crippen molar-refractivity contribution in [1.29, 1.82) is 0 Å². The maximum absolute atomic E-state index is 15.5. The van der Waals surface area contributed by atoms with Gasteiger partial charge in [-0.15, -0.1) is 21.5 Å². The third-order valence-electron chi connectivity index (χ3n) is 16.4. The number of nitrogens with zero attached hydrogens (tertiary/aromatic N) is 9. The lowest BCUT2D eigenvalue weighted by molar-refractivity contribution is -0.141. The third-order valence-corrected chi connectivity index (χ3v) is 17.3. The average molecular weight is 1120 g/mol. The number of likely N-dealkylation sites (tertiary alicyclic amines) is 2. The minimum absolute atomic E-state index is 0.0174. The number of aryl methyl sites for hydroxylation is 1. The molecule has 0 radical (unpaired) electrons. The van der Waals surface area contributed by atoms with Gasteiger partial charge in [-0.2, -0.15) is 0 Å². The predicted molar refractivity (Wildman–Crippen MR) is 297 cm³/mol. The number of phenolic OH excluding ortho intramolecular Hbond substituents is 1. The first-order chi connectivity index (χ1) is 38.5. The summed E-state index contributed by atoms with van der Waals surface area (Å²) in [5, 5.41) is 36.6. The van der Waals surface area contributed by atoms with E-state index in [1.54, 1.807) is 40.1 Å². The topological polar surface area (TPSA) is 231 Å². The molecule has 0 spiro atoms. The molecule has 11 rings (SSSR count). The summed E-state index contributed by atoms with van der Waals surface area (Å²) in [7, 11) is 0. The summed E-state index contributed by atoms with van der Waals surface area (Å²) >= 11 is 1.56. The Morgan fingerprint density at radius 2 is 1.65 bits per heavy atom. The molecule has 4 aliphatic heterocycles. The first-order valence-electron chi connectivity index (χ1n) is 27.7. The molecule has 4 aromatic heterocycles. The van der Waals surface area contributed by atoms with E-state index in [0.717, 1.165) is 71.8 Å². The summed E-state index contributed by atoms with van der Waals surface area (Å²) in [6.07, 6.45) is 5.62. The molecule has 2 aromatic carbocycles. The van der Waals surface area contributed by atoms with Gasteiger partial charge in [0, 0.05) is 93.7 Å². The van der Waals surface area contributed by atoms with Crippen molar-refractivity contribution >= 4 is 40.3 Å². The molecule has 5 aliphatic rings. The van der Waals surface area contributed by atoms with E-state index in [2.05, 4.69) is 40.4 Å². The highest BCUT2D eigenvalue weighted by Crippen LogP contribution is 2.41. The highest BCUT2D eigenvalue weighted by Gasteiger charge is 2.45. The lowest BCUT2D eigenvalue weighted by Gasteiger charge is -2.43. The van der Waals surface area contributed by atoms with Gasteiger partial charge in [0.05, 0.1) is 58.4 Å². The number of piperidine rings is 1. The number of nitrogens with two attached hydrogens (primary N) is 1. The number of pyridine rings is 1. The van der Waals surface area contributed by atoms with Gasteiger partial charge in [0.1, 0.15) is 23.8 Å². The monoisotopic (exact) mass is 1120 g/mol. The second-order valence-electron chi connectivity index (χ2n) is 22.5. The quantitative estimate of drug-likeness (QED) is 0.0606. The summed E-state index contributed by atoms with van der Waals surface area (Å²) in [4.78, 5) is 45.8. The van der Waals surface area contributed by atoms with Crippen molar-refractivity contribution < 1.29 is 47.3 Å². The van der Waals surface area contributed by atoms with E-state index in [1.165, 1.54) is 11.0 Å². The number of rotatable bonds is 19. The number of carbonyl (C=O) groups excluding carboxylic acids is 2. The van der Waals surface area contributed by atoms with Crippen LogP contribution in [0.5, 0.6) is 17.5 Å². The highest BCUT2D eigenvalue weighted by atomic mass is 32.1. The summed E-state index contributed by atoms with van der Waals surface area (Å²) in [6.45, 7) is 8.37. The number of piperazine rings is 1. The summed E-state index contributed by atoms with van der Waals surface area (Å²) < 4.78 is 54.8. The summed E-state index contributed by atoms with van der Waals surface area (Å²) in [5.41, 5.74) is 14.1. The number of para-hydroxylation sites is 1. The van der Waals surface area contributed by atoms with Gasteiger partial charge < -0.3 is 54.7 Å². The highest BCUT2D eigenvalue weighted by molar-refractivity contribution is 7.13. The Morgan fingerprint density at radius 3 is 2.36 bits per heavy atom. The molecule has 8 heterocycles. The number of fused-ring (bicyclic) bond motifs is 2. The molecule has 4 saturated heterocycles. The molecule has 6 atom stereocenters. The molecule has 2 bridgehead atoms. The fourth-order valence-corrected chi connectivity index (χ4v) is 12.9. The number of hydrogen-bond donors (Lipinski definition) is 4. The van der Waals surface area contributed by atoms with Crippen molar-refractivity contribution in [2.45, 2.75) is 133 Å². The van der Waals surface area contributed by atoms with Crippen LogP contribution in [-0.2, 0) is 14.3 Å². The van der Waals surface area contributed by atoms with Crippen molar-refractivity contribution in [2.24, 2.45) is 5.92 Å². The minimum atomic E-state index is -3.21. The molecule has 5 N–H and O–H groups in total. The second kappa shape index (κ2) is 23.2. The molecule has 1 unspecified atom stereocenters. The number of alkyl halides is 2. The third kappa shape index (κ3) is 12.0. The molecule has 1 aliphatic carbocycles. The van der Waals surface area contributed by atoms with Gasteiger partial charge in [-0.25, -0.2) is 18.7 Å². The summed E-state index contributed by atoms with van der Waals surface area (Å²) in [6, 6.07) is 21.5. The van der Waals surface area contributed by atoms with Gasteiger partial charge in [0.2, 0.25) is 17.7 Å². The van der Waals surface area contributed by atoms with E-state index in [4.69, 9.17) is 24.5 Å². The van der Waals surface area contributed by atoms with Crippen LogP contribution in [0.15, 0.2) is 89.0 Å². The Balaban J connectivity index is 0.607. The number of aromatic hydroxyl groups is 1. The van der Waals surface area contributed by atoms with Crippen LogP contribution in [0.4, 0.5) is 26.0 Å². The normalized spacial score (nSPS) is 23.3. The van der Waals surface area contributed by atoms with Crippen LogP contribution in [0.25, 0.3) is 21.7 Å². The van der Waals surface area contributed by atoms with E-state index in [1.807, 2.05) is 82.3 Å². The smallest absolute Gasteiger partial charge is 0.293 e. The number of nitrogens with one attached hydrogen (secondary N) is 1. The van der Waals surface area contributed by atoms with Crippen molar-refractivity contribution in [2.75, 3.05) is 61.4 Å². The zero-order chi connectivity index (χ0) is 55.8. The number of aliphatic hydroxyl groups excluding tert-OH is 1. The number of nitrogen functional groups attached to an aromatic ring is 1. The average Bonchev–Trinajstić information content (AvgIpc) is 4.31. The van der Waals surface area contributed by atoms with Crippen LogP contribution < -0.4 is 30.3 Å². The Bertz CT molecular complexity index is 3120. The number of β-amino-alcohol motifs (C(OH)–C–C–N with tert-alkyl or cyclic N) is 1. The first kappa shape index (κ1) is 54.9. The molecule has 6 aromatic rings. The Kier molecular flexibility index (Phi) is 15.9. The van der Waals surface area contributed by atoms with Crippen LogP contribution in [0.1, 0.15) is 94.7 Å². The van der Waals surface area contributed by atoms with Gasteiger partial charge in [-0.05, 0) is 86.0 Å². The fourth-order valence-electron chi connectivity index (χ4n) is 12.1. The number of benzene rings is 2. The minimum Gasteiger partial charge on any atom is -0.507 e. The van der Waals surface area contributed by atoms with Gasteiger partial charge in [0.15, 0.2) is 18.2 Å². The van der Waals surface area contributed by atoms with Gasteiger partial charge in [-0.1, -0.05) is 50.2 Å². The number of amides is 2. The number of aromatic nitrogens is 5. The molecule has 424 valence electrons. The van der Waals surface area contributed by atoms with Gasteiger partial charge in [-0.3, -0.25) is 14.5 Å². The van der Waals surface area contributed by atoms with Crippen LogP contribution in [-0.4, -0.2) is 151 Å². The number of aliphatic hydroxyl groups is 1. The first-order valence-corrected chi connectivity index (χ1v) is 28.6. The van der Waals surface area contributed by atoms with E-state index in [9.17, 15) is 19.8 Å². The zero-order valence-electron chi connectivity index (χ0n) is 45.4. The molecule has 5 fully saturated rings. The molecular formula is C58H69F2N11O8S. The van der Waals surface area contributed by atoms with E-state index in [-0.39, 0.29) is 72.7 Å². The number of carbonyl (C=O) groups is 2. The van der Waals surface area contributed by atoms with Crippen molar-refractivity contribution in [3.05, 3.63) is 102 Å². The van der Waals surface area contributed by atoms with Crippen LogP contribution in [0, 0.1) is 12.8 Å². The summed E-state index contributed by atoms with van der Waals surface area (Å²) in [5.74, 6) is -4.29. The van der Waals surface area contributed by atoms with E-state index in [0.29, 0.717) is 48.9 Å². The van der Waals surface area contributed by atoms with E-state index < -0.39 is 49.0 Å². The number of phenols is 1. The van der Waals surface area contributed by atoms with Crippen molar-refractivity contribution in [1.82, 2.24) is 40.4 Å². The Hall–Kier alpha value is -7.01. The van der Waals surface area contributed by atoms with Gasteiger partial charge in [0.25, 0.3) is 11.8 Å². The lowest BCUT2D eigenvalue weighted by Crippen LogP contribution is -2.54. The molecule has 22 heteroatoms. The van der Waals surface area contributed by atoms with Crippen molar-refractivity contribution in [3.63, 3.8) is 0 Å². The number of halogens is 2. The maximum atomic E-state index is 15.5. The largest absolute Gasteiger partial charge is 0.507 e. The van der Waals surface area contributed by atoms with Gasteiger partial charge >= 0.3 is 0 Å². The van der Waals surface area contributed by atoms with Crippen molar-refractivity contribution in [3.8, 4) is 39.2 Å². The number of anilines is 3. The molecule has 19 nitrogen and oxygen atoms in total. The number of hydrogen-bond acceptors (Lipinski definition) is 18. The zero-order valence-corrected chi connectivity index (χ0v) is 46.2. The lowest BCUT2D eigenvalue weighted by atomic mass is 9.91. The molecular weight excluding hydrogens is 1050 g/mol. The Labute approximate surface area is 467 Å². The molecule has 80 heavy (non-hydrogen) atoms. The molecule has 2 amide bonds. The molecule has 1 saturated carbocycles. The second-order valence-corrected chi connectivity index (χ2v) is 23.3. The number of thiazole rings is 1. The SMILES string of the molecule is Cc1ncsc1-c1ccc([C@H](C)NC(=O)[C@@H]2C[C@@H](O)CN2C(=O)[C@@H](c2cc(OCC(F)(F)CN3CCC(OC4CC(Oc5cc(N6C7CC[C@@H]6CN(c6cc(-c8ccccc8O)nnc6N)C7)ccn5)C4)CC3)no2)C(C)C)cc1. The standard InChI is InChI=1S/C58H69F2N11O8S/c1-33(2)53(57(75)70-29-41(72)22-48(70)56(74)64-34(3)36-9-11-37(12-10-36)54-35(4)63-32-80-54)50-26-52(67-79-50)76-31-58(59,60)30-68-19-16-42(17-20-68)77-43-23-44(24-43)78-51-21-38(15-18-62-51)71-39-13-14-40(71)28-69(27-39)47-25-46(65-66-55(47)61)45-7-5-6-8-49(45)73/h5-12,15,18,21,25-26,32-34,39-44,48,53,72-73H,13-14,16-17,19-20,22-24,27-31H2,1-4H3,(H2,61,66)(H,64,74)/t34-,39+,40?,41+,43?,44?,48-,53+/m0/s1. The number of ether oxygens (including phenoxy) is 3. The Morgan fingerprint density at radius 1 is 0.900 bits per heavy atom. The van der Waals surface area contributed by atoms with Crippen LogP contribution in [0.3, 0.4) is 0 Å². The predicted octanol–water partition coefficient (Wildman–Crippen LogP) is 7.79. The van der Waals surface area contributed by atoms with Crippen LogP contribution >= 0.6 is 11.3 Å². The fraction of sp³-hybridized carbons (Fsp3) is 0.500.